The minimum Gasteiger partial charge on any atom is -0.452 e. The van der Waals surface area contributed by atoms with Crippen molar-refractivity contribution in [3.8, 4) is 0 Å². The Morgan fingerprint density at radius 2 is 1.81 bits per heavy atom. The van der Waals surface area contributed by atoms with E-state index in [2.05, 4.69) is 5.32 Å². The van der Waals surface area contributed by atoms with Crippen LogP contribution in [-0.4, -0.2) is 28.7 Å². The number of ketones is 1. The third kappa shape index (κ3) is 3.49. The number of anilines is 1. The van der Waals surface area contributed by atoms with Crippen LogP contribution in [0.25, 0.3) is 5.52 Å². The molecule has 26 heavy (non-hydrogen) atoms. The molecule has 0 aliphatic heterocycles. The maximum absolute atomic E-state index is 12.4. The second-order valence-corrected chi connectivity index (χ2v) is 5.89. The molecule has 132 valence electrons. The Balaban J connectivity index is 1.73. The molecule has 6 heteroatoms. The summed E-state index contributed by atoms with van der Waals surface area (Å²) in [5, 5.41) is 2.70. The van der Waals surface area contributed by atoms with Crippen molar-refractivity contribution >= 4 is 28.9 Å². The van der Waals surface area contributed by atoms with E-state index < -0.39 is 18.5 Å². The quantitative estimate of drug-likeness (QED) is 0.566. The zero-order valence-electron chi connectivity index (χ0n) is 14.5. The molecule has 2 aromatic heterocycles. The largest absolute Gasteiger partial charge is 0.452 e. The number of rotatable bonds is 5. The summed E-state index contributed by atoms with van der Waals surface area (Å²) in [6.45, 7) is 2.89. The first kappa shape index (κ1) is 17.4. The van der Waals surface area contributed by atoms with Gasteiger partial charge in [0.05, 0.1) is 16.8 Å². The number of hydrogen-bond acceptors (Lipinski definition) is 4. The first-order valence-corrected chi connectivity index (χ1v) is 8.11. The summed E-state index contributed by atoms with van der Waals surface area (Å²) in [6.07, 6.45) is 1.70. The van der Waals surface area contributed by atoms with Crippen molar-refractivity contribution in [3.05, 3.63) is 71.5 Å². The number of benzene rings is 1. The molecule has 0 bridgehead atoms. The maximum Gasteiger partial charge on any atom is 0.340 e. The van der Waals surface area contributed by atoms with Crippen LogP contribution in [0.5, 0.6) is 0 Å². The molecule has 0 fully saturated rings. The van der Waals surface area contributed by atoms with E-state index in [4.69, 9.17) is 4.74 Å². The number of hydrogen-bond donors (Lipinski definition) is 1. The lowest BCUT2D eigenvalue weighted by Crippen LogP contribution is -2.21. The molecule has 0 saturated carbocycles. The average molecular weight is 350 g/mol. The van der Waals surface area contributed by atoms with Crippen molar-refractivity contribution in [3.63, 3.8) is 0 Å². The van der Waals surface area contributed by atoms with Crippen molar-refractivity contribution in [2.75, 3.05) is 11.9 Å². The first-order valence-electron chi connectivity index (χ1n) is 8.11. The van der Waals surface area contributed by atoms with E-state index in [-0.39, 0.29) is 11.3 Å². The molecule has 2 heterocycles. The zero-order valence-corrected chi connectivity index (χ0v) is 14.5. The number of pyridine rings is 1. The molecule has 0 aliphatic carbocycles. The number of carbonyl (C=O) groups excluding carboxylic acids is 3. The summed E-state index contributed by atoms with van der Waals surface area (Å²) in [5.74, 6) is -1.24. The first-order chi connectivity index (χ1) is 12.5. The second-order valence-electron chi connectivity index (χ2n) is 5.89. The second kappa shape index (κ2) is 7.23. The fourth-order valence-electron chi connectivity index (χ4n) is 2.70. The number of Topliss-reactive ketones (excluding diaryl/α,β-unsaturated/α-hetero) is 1. The highest BCUT2D eigenvalue weighted by Gasteiger charge is 2.19. The van der Waals surface area contributed by atoms with Gasteiger partial charge >= 0.3 is 5.97 Å². The Labute approximate surface area is 150 Å². The maximum atomic E-state index is 12.4. The molecule has 0 saturated heterocycles. The Morgan fingerprint density at radius 1 is 1.08 bits per heavy atom. The highest BCUT2D eigenvalue weighted by molar-refractivity contribution is 6.04. The number of ether oxygens (including phenoxy) is 1. The molecule has 3 rings (SSSR count). The van der Waals surface area contributed by atoms with Crippen molar-refractivity contribution in [1.82, 2.24) is 4.40 Å². The minimum absolute atomic E-state index is 0.164. The Bertz CT molecular complexity index is 1000. The summed E-state index contributed by atoms with van der Waals surface area (Å²) in [7, 11) is 0. The van der Waals surface area contributed by atoms with Gasteiger partial charge in [0.15, 0.2) is 12.4 Å². The minimum atomic E-state index is -0.652. The Morgan fingerprint density at radius 3 is 2.54 bits per heavy atom. The van der Waals surface area contributed by atoms with E-state index in [0.29, 0.717) is 16.9 Å². The van der Waals surface area contributed by atoms with Crippen LogP contribution >= 0.6 is 0 Å². The number of amides is 1. The van der Waals surface area contributed by atoms with Crippen LogP contribution in [0.1, 0.15) is 33.3 Å². The van der Waals surface area contributed by atoms with Crippen molar-refractivity contribution in [2.24, 2.45) is 0 Å². The predicted molar refractivity (Wildman–Crippen MR) is 97.5 cm³/mol. The van der Waals surface area contributed by atoms with Crippen molar-refractivity contribution < 1.29 is 19.1 Å². The number of para-hydroxylation sites is 1. The molecule has 0 atom stereocenters. The van der Waals surface area contributed by atoms with Crippen LogP contribution in [-0.2, 0) is 9.53 Å². The smallest absolute Gasteiger partial charge is 0.340 e. The lowest BCUT2D eigenvalue weighted by molar-refractivity contribution is -0.119. The lowest BCUT2D eigenvalue weighted by atomic mass is 10.2. The van der Waals surface area contributed by atoms with Gasteiger partial charge in [-0.25, -0.2) is 4.79 Å². The van der Waals surface area contributed by atoms with Crippen LogP contribution < -0.4 is 5.32 Å². The predicted octanol–water partition coefficient (Wildman–Crippen LogP) is 3.25. The van der Waals surface area contributed by atoms with Gasteiger partial charge in [-0.05, 0) is 36.8 Å². The van der Waals surface area contributed by atoms with E-state index >= 15 is 0 Å². The molecular formula is C20H18N2O4. The van der Waals surface area contributed by atoms with Gasteiger partial charge < -0.3 is 14.5 Å². The van der Waals surface area contributed by atoms with Gasteiger partial charge in [-0.1, -0.05) is 24.3 Å². The van der Waals surface area contributed by atoms with Gasteiger partial charge in [-0.15, -0.1) is 0 Å². The third-order valence-electron chi connectivity index (χ3n) is 4.01. The lowest BCUT2D eigenvalue weighted by Gasteiger charge is -2.08. The molecule has 1 N–H and O–H groups in total. The Hall–Kier alpha value is -3.41. The molecule has 3 aromatic rings. The van der Waals surface area contributed by atoms with Crippen LogP contribution in [0.15, 0.2) is 54.7 Å². The molecule has 0 radical (unpaired) electrons. The normalized spacial score (nSPS) is 10.5. The van der Waals surface area contributed by atoms with E-state index in [9.17, 15) is 14.4 Å². The van der Waals surface area contributed by atoms with Gasteiger partial charge in [0, 0.05) is 18.8 Å². The van der Waals surface area contributed by atoms with Crippen LogP contribution in [0.4, 0.5) is 5.69 Å². The number of nitrogens with zero attached hydrogens (tertiary/aromatic N) is 1. The highest BCUT2D eigenvalue weighted by Crippen LogP contribution is 2.19. The zero-order chi connectivity index (χ0) is 18.7. The van der Waals surface area contributed by atoms with Gasteiger partial charge in [-0.3, -0.25) is 9.59 Å². The Kier molecular flexibility index (Phi) is 4.84. The van der Waals surface area contributed by atoms with Gasteiger partial charge in [0.25, 0.3) is 5.91 Å². The standard InChI is InChI=1S/C20H18N2O4/c1-13-7-3-4-8-16(13)21-19(24)12-26-20(25)15-11-18(14(2)23)22-10-6-5-9-17(15)22/h3-11H,12H2,1-2H3,(H,21,24). The number of aryl methyl sites for hydroxylation is 1. The third-order valence-corrected chi connectivity index (χ3v) is 4.01. The van der Waals surface area contributed by atoms with Crippen molar-refractivity contribution in [1.29, 1.82) is 0 Å². The number of nitrogens with one attached hydrogen (secondary N) is 1. The van der Waals surface area contributed by atoms with Crippen LogP contribution in [0, 0.1) is 6.92 Å². The number of carbonyl (C=O) groups is 3. The molecule has 1 amide bonds. The average Bonchev–Trinajstić information content (AvgIpc) is 3.02. The van der Waals surface area contributed by atoms with E-state index in [1.165, 1.54) is 13.0 Å². The monoisotopic (exact) mass is 350 g/mol. The fourth-order valence-corrected chi connectivity index (χ4v) is 2.70. The van der Waals surface area contributed by atoms with E-state index in [0.717, 1.165) is 5.56 Å². The number of fused-ring (bicyclic) bond motifs is 1. The summed E-state index contributed by atoms with van der Waals surface area (Å²) >= 11 is 0. The van der Waals surface area contributed by atoms with E-state index in [1.54, 1.807) is 34.9 Å². The topological polar surface area (TPSA) is 76.9 Å². The van der Waals surface area contributed by atoms with E-state index in [1.807, 2.05) is 25.1 Å². The summed E-state index contributed by atoms with van der Waals surface area (Å²) in [6, 6.07) is 14.1. The van der Waals surface area contributed by atoms with Gasteiger partial charge in [0.1, 0.15) is 0 Å². The molecule has 6 nitrogen and oxygen atoms in total. The van der Waals surface area contributed by atoms with Crippen molar-refractivity contribution in [2.45, 2.75) is 13.8 Å². The summed E-state index contributed by atoms with van der Waals surface area (Å²) in [5.41, 5.74) is 2.77. The summed E-state index contributed by atoms with van der Waals surface area (Å²) < 4.78 is 6.76. The summed E-state index contributed by atoms with van der Waals surface area (Å²) in [4.78, 5) is 36.2. The molecule has 0 spiro atoms. The number of esters is 1. The van der Waals surface area contributed by atoms with Gasteiger partial charge in [-0.2, -0.15) is 0 Å². The van der Waals surface area contributed by atoms with Crippen LogP contribution in [0.3, 0.4) is 0 Å². The SMILES string of the molecule is CC(=O)c1cc(C(=O)OCC(=O)Nc2ccccc2C)c2ccccn12. The molecule has 1 aromatic carbocycles. The fraction of sp³-hybridized carbons (Fsp3) is 0.150. The number of aromatic nitrogens is 1. The highest BCUT2D eigenvalue weighted by atomic mass is 16.5. The van der Waals surface area contributed by atoms with Crippen LogP contribution in [0.2, 0.25) is 0 Å². The van der Waals surface area contributed by atoms with Gasteiger partial charge in [0.2, 0.25) is 0 Å². The molecule has 0 aliphatic rings. The molecular weight excluding hydrogens is 332 g/mol. The molecule has 0 unspecified atom stereocenters.